The van der Waals surface area contributed by atoms with Crippen LogP contribution in [-0.4, -0.2) is 46.9 Å². The first kappa shape index (κ1) is 26.5. The predicted octanol–water partition coefficient (Wildman–Crippen LogP) is 5.87. The molecule has 1 aromatic heterocycles. The smallest absolute Gasteiger partial charge is 0.295 e. The van der Waals surface area contributed by atoms with Gasteiger partial charge in [-0.3, -0.25) is 14.6 Å². The molecular formula is C28H27Cl2N3O4. The van der Waals surface area contributed by atoms with E-state index in [0.717, 1.165) is 24.3 Å². The molecule has 9 heteroatoms. The lowest BCUT2D eigenvalue weighted by atomic mass is 9.94. The van der Waals surface area contributed by atoms with Crippen LogP contribution in [0.2, 0.25) is 10.0 Å². The van der Waals surface area contributed by atoms with E-state index in [1.165, 1.54) is 24.1 Å². The number of aromatic nitrogens is 1. The van der Waals surface area contributed by atoms with Crippen molar-refractivity contribution in [1.29, 1.82) is 0 Å². The number of halogens is 2. The number of aliphatic hydroxyl groups is 1. The molecule has 1 aliphatic rings. The molecule has 1 unspecified atom stereocenters. The Kier molecular flexibility index (Phi) is 8.05. The van der Waals surface area contributed by atoms with Crippen LogP contribution in [0.1, 0.15) is 36.6 Å². The van der Waals surface area contributed by atoms with E-state index in [9.17, 15) is 14.7 Å². The maximum Gasteiger partial charge on any atom is 0.295 e. The molecule has 2 heterocycles. The quantitative estimate of drug-likeness (QED) is 0.219. The molecule has 1 fully saturated rings. The maximum atomic E-state index is 13.4. The number of carbonyl (C=O) groups is 2. The largest absolute Gasteiger partial charge is 0.507 e. The highest BCUT2D eigenvalue weighted by molar-refractivity contribution is 6.46. The molecule has 1 atom stereocenters. The van der Waals surface area contributed by atoms with Gasteiger partial charge in [-0.1, -0.05) is 41.4 Å². The fourth-order valence-electron chi connectivity index (χ4n) is 4.62. The van der Waals surface area contributed by atoms with E-state index in [-0.39, 0.29) is 33.5 Å². The number of ether oxygens (including phenoxy) is 1. The lowest BCUT2D eigenvalue weighted by Gasteiger charge is -2.27. The van der Waals surface area contributed by atoms with Gasteiger partial charge in [0.2, 0.25) is 0 Å². The summed E-state index contributed by atoms with van der Waals surface area (Å²) in [5.41, 5.74) is 2.50. The van der Waals surface area contributed by atoms with Gasteiger partial charge in [0.15, 0.2) is 0 Å². The Hall–Kier alpha value is -3.55. The number of methoxy groups -OCH3 is 1. The number of likely N-dealkylation sites (tertiary alicyclic amines) is 1. The number of hydrogen-bond acceptors (Lipinski definition) is 6. The number of hydrogen-bond donors (Lipinski definition) is 1. The third kappa shape index (κ3) is 5.15. The van der Waals surface area contributed by atoms with Crippen LogP contribution in [0.15, 0.2) is 66.5 Å². The number of ketones is 1. The van der Waals surface area contributed by atoms with Crippen molar-refractivity contribution in [3.8, 4) is 5.75 Å². The zero-order chi connectivity index (χ0) is 26.7. The average molecular weight is 540 g/mol. The highest BCUT2D eigenvalue weighted by atomic mass is 35.5. The van der Waals surface area contributed by atoms with E-state index < -0.39 is 23.5 Å². The molecule has 1 N–H and O–H groups in total. The molecule has 1 amide bonds. The fraction of sp³-hybridized carbons (Fsp3) is 0.250. The molecular weight excluding hydrogens is 513 g/mol. The summed E-state index contributed by atoms with van der Waals surface area (Å²) in [6.45, 7) is 5.95. The number of aliphatic hydroxyl groups excluding tert-OH is 1. The number of benzene rings is 2. The summed E-state index contributed by atoms with van der Waals surface area (Å²) in [6.07, 6.45) is 3.27. The maximum absolute atomic E-state index is 13.4. The first-order valence-electron chi connectivity index (χ1n) is 11.9. The van der Waals surface area contributed by atoms with Gasteiger partial charge in [-0.2, -0.15) is 0 Å². The van der Waals surface area contributed by atoms with Gasteiger partial charge in [0.1, 0.15) is 11.5 Å². The Morgan fingerprint density at radius 2 is 1.81 bits per heavy atom. The molecule has 0 aliphatic carbocycles. The third-order valence-corrected chi connectivity index (χ3v) is 6.92. The Morgan fingerprint density at radius 1 is 1.11 bits per heavy atom. The van der Waals surface area contributed by atoms with Crippen LogP contribution < -0.4 is 9.64 Å². The van der Waals surface area contributed by atoms with Crippen LogP contribution in [0.3, 0.4) is 0 Å². The van der Waals surface area contributed by atoms with Gasteiger partial charge in [-0.25, -0.2) is 0 Å². The number of pyridine rings is 1. The first-order valence-corrected chi connectivity index (χ1v) is 12.6. The van der Waals surface area contributed by atoms with Gasteiger partial charge in [0.25, 0.3) is 11.7 Å². The molecule has 0 radical (unpaired) electrons. The Morgan fingerprint density at radius 3 is 2.41 bits per heavy atom. The Bertz CT molecular complexity index is 1340. The van der Waals surface area contributed by atoms with Crippen molar-refractivity contribution in [2.75, 3.05) is 25.1 Å². The topological polar surface area (TPSA) is 83.0 Å². The minimum Gasteiger partial charge on any atom is -0.507 e. The van der Waals surface area contributed by atoms with E-state index in [0.29, 0.717) is 5.56 Å². The van der Waals surface area contributed by atoms with Crippen molar-refractivity contribution >= 4 is 46.3 Å². The third-order valence-electron chi connectivity index (χ3n) is 6.42. The molecule has 3 aromatic rings. The van der Waals surface area contributed by atoms with Gasteiger partial charge in [-0.05, 0) is 55.3 Å². The van der Waals surface area contributed by atoms with Gasteiger partial charge in [0, 0.05) is 42.7 Å². The van der Waals surface area contributed by atoms with Crippen LogP contribution in [0.4, 0.5) is 5.69 Å². The van der Waals surface area contributed by atoms with Crippen molar-refractivity contribution < 1.29 is 19.4 Å². The van der Waals surface area contributed by atoms with E-state index in [1.54, 1.807) is 18.5 Å². The summed E-state index contributed by atoms with van der Waals surface area (Å²) < 4.78 is 5.40. The van der Waals surface area contributed by atoms with Gasteiger partial charge in [-0.15, -0.1) is 0 Å². The normalized spacial score (nSPS) is 16.8. The Balaban J connectivity index is 1.90. The minimum absolute atomic E-state index is 0.0684. The van der Waals surface area contributed by atoms with Crippen molar-refractivity contribution in [2.45, 2.75) is 26.4 Å². The summed E-state index contributed by atoms with van der Waals surface area (Å²) in [5.74, 6) is -1.79. The second-order valence-electron chi connectivity index (χ2n) is 8.52. The number of amides is 1. The van der Waals surface area contributed by atoms with Gasteiger partial charge in [0.05, 0.1) is 29.3 Å². The second-order valence-corrected chi connectivity index (χ2v) is 9.36. The highest BCUT2D eigenvalue weighted by Crippen LogP contribution is 2.44. The van der Waals surface area contributed by atoms with E-state index in [4.69, 9.17) is 27.9 Å². The van der Waals surface area contributed by atoms with Gasteiger partial charge < -0.3 is 19.6 Å². The van der Waals surface area contributed by atoms with Gasteiger partial charge >= 0.3 is 0 Å². The predicted molar refractivity (Wildman–Crippen MR) is 145 cm³/mol. The van der Waals surface area contributed by atoms with Crippen LogP contribution in [-0.2, 0) is 16.1 Å². The summed E-state index contributed by atoms with van der Waals surface area (Å²) in [4.78, 5) is 34.5. The van der Waals surface area contributed by atoms with E-state index >= 15 is 0 Å². The SMILES string of the molecule is CCN(CC)c1ccc(C2/C(=C(\O)c3cc(Cl)cc(Cl)c3OC)C(=O)C(=O)N2Cc2cccnc2)cc1. The molecule has 2 aromatic carbocycles. The fourth-order valence-corrected chi connectivity index (χ4v) is 5.19. The molecule has 4 rings (SSSR count). The lowest BCUT2D eigenvalue weighted by Crippen LogP contribution is -2.29. The van der Waals surface area contributed by atoms with Crippen molar-refractivity contribution in [2.24, 2.45) is 0 Å². The summed E-state index contributed by atoms with van der Waals surface area (Å²) in [6, 6.07) is 13.3. The number of rotatable bonds is 8. The van der Waals surface area contributed by atoms with Crippen molar-refractivity contribution in [3.63, 3.8) is 0 Å². The molecule has 1 saturated heterocycles. The van der Waals surface area contributed by atoms with E-state index in [1.807, 2.05) is 30.3 Å². The Labute approximate surface area is 225 Å². The molecule has 37 heavy (non-hydrogen) atoms. The van der Waals surface area contributed by atoms with Crippen molar-refractivity contribution in [1.82, 2.24) is 9.88 Å². The first-order chi connectivity index (χ1) is 17.8. The molecule has 192 valence electrons. The molecule has 0 bridgehead atoms. The van der Waals surface area contributed by atoms with Crippen molar-refractivity contribution in [3.05, 3.63) is 93.2 Å². The minimum atomic E-state index is -0.853. The standard InChI is InChI=1S/C28H27Cl2N3O4/c1-4-32(5-2)20-10-8-18(9-11-20)24-23(25(34)21-13-19(29)14-22(30)27(21)37-3)26(35)28(36)33(24)16-17-7-6-12-31-15-17/h6-15,24,34H,4-5,16H2,1-3H3/b25-23+. The molecule has 1 aliphatic heterocycles. The average Bonchev–Trinajstić information content (AvgIpc) is 3.14. The van der Waals surface area contributed by atoms with Crippen LogP contribution in [0, 0.1) is 0 Å². The number of nitrogens with zero attached hydrogens (tertiary/aromatic N) is 3. The monoisotopic (exact) mass is 539 g/mol. The van der Waals surface area contributed by atoms with E-state index in [2.05, 4.69) is 23.7 Å². The van der Waals surface area contributed by atoms with Crippen LogP contribution in [0.5, 0.6) is 5.75 Å². The second kappa shape index (κ2) is 11.2. The number of Topliss-reactive ketones (excluding diaryl/α,β-unsaturated/α-hetero) is 1. The highest BCUT2D eigenvalue weighted by Gasteiger charge is 2.46. The summed E-state index contributed by atoms with van der Waals surface area (Å²) in [5, 5.41) is 11.9. The summed E-state index contributed by atoms with van der Waals surface area (Å²) in [7, 11) is 1.40. The molecule has 0 spiro atoms. The van der Waals surface area contributed by atoms with Crippen LogP contribution in [0.25, 0.3) is 5.76 Å². The molecule has 7 nitrogen and oxygen atoms in total. The van der Waals surface area contributed by atoms with Crippen LogP contribution >= 0.6 is 23.2 Å². The zero-order valence-electron chi connectivity index (χ0n) is 20.7. The molecule has 0 saturated carbocycles. The number of anilines is 1. The zero-order valence-corrected chi connectivity index (χ0v) is 22.3. The number of carbonyl (C=O) groups excluding carboxylic acids is 2. The lowest BCUT2D eigenvalue weighted by molar-refractivity contribution is -0.140. The summed E-state index contributed by atoms with van der Waals surface area (Å²) >= 11 is 12.5.